The topological polar surface area (TPSA) is 108 Å². The summed E-state index contributed by atoms with van der Waals surface area (Å²) in [6.45, 7) is 4.46. The summed E-state index contributed by atoms with van der Waals surface area (Å²) in [4.78, 5) is 51.7. The Balaban J connectivity index is 1.61. The number of carbonyl (C=O) groups is 4. The highest BCUT2D eigenvalue weighted by Crippen LogP contribution is 2.26. The monoisotopic (exact) mass is 366 g/mol. The summed E-state index contributed by atoms with van der Waals surface area (Å²) < 4.78 is 5.22. The highest BCUT2D eigenvalue weighted by Gasteiger charge is 2.43. The first kappa shape index (κ1) is 18.6. The van der Waals surface area contributed by atoms with Crippen LogP contribution in [0.5, 0.6) is 0 Å². The molecule has 0 aliphatic carbocycles. The molecule has 3 rings (SSSR count). The first-order valence-electron chi connectivity index (χ1n) is 9.19. The van der Waals surface area contributed by atoms with Crippen molar-refractivity contribution in [2.24, 2.45) is 5.92 Å². The molecule has 26 heavy (non-hydrogen) atoms. The van der Waals surface area contributed by atoms with E-state index in [1.165, 1.54) is 4.90 Å². The molecule has 2 unspecified atom stereocenters. The van der Waals surface area contributed by atoms with E-state index in [4.69, 9.17) is 4.74 Å². The van der Waals surface area contributed by atoms with Gasteiger partial charge in [-0.2, -0.15) is 0 Å². The lowest BCUT2D eigenvalue weighted by atomic mass is 9.98. The number of aldehydes is 1. The van der Waals surface area contributed by atoms with Crippen LogP contribution in [0.1, 0.15) is 26.2 Å². The Morgan fingerprint density at radius 2 is 2.12 bits per heavy atom. The summed E-state index contributed by atoms with van der Waals surface area (Å²) in [5.41, 5.74) is 0. The van der Waals surface area contributed by atoms with Crippen molar-refractivity contribution in [1.82, 2.24) is 20.4 Å². The Morgan fingerprint density at radius 3 is 2.73 bits per heavy atom. The van der Waals surface area contributed by atoms with Gasteiger partial charge in [0.2, 0.25) is 11.8 Å². The quantitative estimate of drug-likeness (QED) is 0.614. The fraction of sp³-hybridized carbons (Fsp3) is 0.765. The fourth-order valence-corrected chi connectivity index (χ4v) is 3.97. The van der Waals surface area contributed by atoms with E-state index in [0.29, 0.717) is 52.1 Å². The lowest BCUT2D eigenvalue weighted by Crippen LogP contribution is -2.52. The summed E-state index contributed by atoms with van der Waals surface area (Å²) in [6.07, 6.45) is 2.20. The van der Waals surface area contributed by atoms with Crippen molar-refractivity contribution in [2.75, 3.05) is 32.8 Å². The van der Waals surface area contributed by atoms with Gasteiger partial charge in [0.05, 0.1) is 19.3 Å². The van der Waals surface area contributed by atoms with Crippen molar-refractivity contribution in [3.63, 3.8) is 0 Å². The maximum atomic E-state index is 12.8. The molecule has 4 atom stereocenters. The normalized spacial score (nSPS) is 30.3. The van der Waals surface area contributed by atoms with Crippen LogP contribution in [0.4, 0.5) is 4.79 Å². The summed E-state index contributed by atoms with van der Waals surface area (Å²) in [6, 6.07) is -1.73. The predicted octanol–water partition coefficient (Wildman–Crippen LogP) is -0.889. The third-order valence-corrected chi connectivity index (χ3v) is 5.40. The van der Waals surface area contributed by atoms with Gasteiger partial charge in [-0.15, -0.1) is 0 Å². The van der Waals surface area contributed by atoms with E-state index >= 15 is 0 Å². The zero-order chi connectivity index (χ0) is 18.7. The number of hydrogen-bond acceptors (Lipinski definition) is 5. The fourth-order valence-electron chi connectivity index (χ4n) is 3.97. The smallest absolute Gasteiger partial charge is 0.318 e. The molecule has 0 saturated carbocycles. The Bertz CT molecular complexity index is 578. The van der Waals surface area contributed by atoms with E-state index in [-0.39, 0.29) is 29.8 Å². The molecular weight excluding hydrogens is 340 g/mol. The van der Waals surface area contributed by atoms with E-state index in [1.807, 2.05) is 6.92 Å². The molecule has 3 saturated heterocycles. The molecule has 0 aromatic rings. The van der Waals surface area contributed by atoms with Crippen molar-refractivity contribution < 1.29 is 23.9 Å². The highest BCUT2D eigenvalue weighted by atomic mass is 16.5. The summed E-state index contributed by atoms with van der Waals surface area (Å²) >= 11 is 0. The summed E-state index contributed by atoms with van der Waals surface area (Å²) in [5, 5.41) is 5.54. The van der Waals surface area contributed by atoms with Gasteiger partial charge < -0.3 is 30.0 Å². The molecule has 3 heterocycles. The number of nitrogens with zero attached hydrogens (tertiary/aromatic N) is 2. The van der Waals surface area contributed by atoms with Gasteiger partial charge in [0.25, 0.3) is 0 Å². The van der Waals surface area contributed by atoms with Gasteiger partial charge in [0.15, 0.2) is 0 Å². The van der Waals surface area contributed by atoms with Crippen molar-refractivity contribution in [2.45, 2.75) is 44.3 Å². The minimum Gasteiger partial charge on any atom is -0.378 e. The average Bonchev–Trinajstić information content (AvgIpc) is 3.17. The number of morpholine rings is 1. The van der Waals surface area contributed by atoms with E-state index in [2.05, 4.69) is 10.6 Å². The van der Waals surface area contributed by atoms with Crippen molar-refractivity contribution in [3.8, 4) is 0 Å². The molecule has 0 radical (unpaired) electrons. The highest BCUT2D eigenvalue weighted by molar-refractivity contribution is 5.91. The number of carbonyl (C=O) groups excluding carboxylic acids is 4. The van der Waals surface area contributed by atoms with Gasteiger partial charge in [0, 0.05) is 31.6 Å². The second-order valence-corrected chi connectivity index (χ2v) is 7.15. The Kier molecular flexibility index (Phi) is 5.75. The number of nitrogens with one attached hydrogen (secondary N) is 2. The van der Waals surface area contributed by atoms with Crippen LogP contribution in [0.3, 0.4) is 0 Å². The van der Waals surface area contributed by atoms with Gasteiger partial charge in [0.1, 0.15) is 12.3 Å². The SMILES string of the molecule is CC1C[C@H](NC(=O)N2CCOCC2)C(=O)N1[C@H](C=O)CC1CCNC1=O. The van der Waals surface area contributed by atoms with Crippen LogP contribution in [0.15, 0.2) is 0 Å². The van der Waals surface area contributed by atoms with E-state index in [1.54, 1.807) is 4.90 Å². The molecule has 0 bridgehead atoms. The van der Waals surface area contributed by atoms with Crippen molar-refractivity contribution in [1.29, 1.82) is 0 Å². The lowest BCUT2D eigenvalue weighted by molar-refractivity contribution is -0.136. The average molecular weight is 366 g/mol. The lowest BCUT2D eigenvalue weighted by Gasteiger charge is -2.29. The van der Waals surface area contributed by atoms with Gasteiger partial charge in [-0.05, 0) is 26.2 Å². The molecule has 3 aliphatic heterocycles. The van der Waals surface area contributed by atoms with Crippen LogP contribution in [0.2, 0.25) is 0 Å². The number of ether oxygens (including phenoxy) is 1. The number of rotatable bonds is 5. The Morgan fingerprint density at radius 1 is 1.38 bits per heavy atom. The Hall–Kier alpha value is -2.16. The molecule has 9 nitrogen and oxygen atoms in total. The largest absolute Gasteiger partial charge is 0.378 e. The molecule has 0 spiro atoms. The molecular formula is C17H26N4O5. The van der Waals surface area contributed by atoms with Crippen LogP contribution in [0, 0.1) is 5.92 Å². The zero-order valence-corrected chi connectivity index (χ0v) is 15.0. The second-order valence-electron chi connectivity index (χ2n) is 7.15. The number of hydrogen-bond donors (Lipinski definition) is 2. The molecule has 3 fully saturated rings. The molecule has 2 N–H and O–H groups in total. The zero-order valence-electron chi connectivity index (χ0n) is 15.0. The van der Waals surface area contributed by atoms with Gasteiger partial charge in [-0.25, -0.2) is 4.79 Å². The molecule has 144 valence electrons. The standard InChI is InChI=1S/C17H26N4O5/c1-11-8-14(19-17(25)20-4-6-26-7-5-20)16(24)21(11)13(10-22)9-12-2-3-18-15(12)23/h10-14H,2-9H2,1H3,(H,18,23)(H,19,25)/t11?,12?,13-,14-/m0/s1. The van der Waals surface area contributed by atoms with Crippen molar-refractivity contribution in [3.05, 3.63) is 0 Å². The van der Waals surface area contributed by atoms with Crippen LogP contribution in [-0.2, 0) is 19.1 Å². The maximum absolute atomic E-state index is 12.8. The van der Waals surface area contributed by atoms with Crippen LogP contribution >= 0.6 is 0 Å². The van der Waals surface area contributed by atoms with Gasteiger partial charge >= 0.3 is 6.03 Å². The minimum absolute atomic E-state index is 0.0617. The molecule has 9 heteroatoms. The number of likely N-dealkylation sites (tertiary alicyclic amines) is 1. The van der Waals surface area contributed by atoms with E-state index in [0.717, 1.165) is 6.29 Å². The van der Waals surface area contributed by atoms with Crippen LogP contribution in [0.25, 0.3) is 0 Å². The predicted molar refractivity (Wildman–Crippen MR) is 91.2 cm³/mol. The van der Waals surface area contributed by atoms with Crippen LogP contribution in [-0.4, -0.2) is 84.9 Å². The maximum Gasteiger partial charge on any atom is 0.318 e. The van der Waals surface area contributed by atoms with Crippen molar-refractivity contribution >= 4 is 24.1 Å². The Labute approximate surface area is 152 Å². The first-order valence-corrected chi connectivity index (χ1v) is 9.19. The number of amides is 4. The molecule has 0 aromatic carbocycles. The molecule has 4 amide bonds. The minimum atomic E-state index is -0.642. The van der Waals surface area contributed by atoms with E-state index < -0.39 is 12.1 Å². The van der Waals surface area contributed by atoms with Crippen LogP contribution < -0.4 is 10.6 Å². The van der Waals surface area contributed by atoms with Gasteiger partial charge in [-0.3, -0.25) is 9.59 Å². The number of urea groups is 1. The van der Waals surface area contributed by atoms with E-state index in [9.17, 15) is 19.2 Å². The summed E-state index contributed by atoms with van der Waals surface area (Å²) in [5.74, 6) is -0.560. The third-order valence-electron chi connectivity index (χ3n) is 5.40. The second kappa shape index (κ2) is 8.03. The summed E-state index contributed by atoms with van der Waals surface area (Å²) in [7, 11) is 0. The third kappa shape index (κ3) is 3.82. The molecule has 0 aromatic heterocycles. The van der Waals surface area contributed by atoms with Gasteiger partial charge in [-0.1, -0.05) is 0 Å². The first-order chi connectivity index (χ1) is 12.5. The molecule has 3 aliphatic rings.